The predicted octanol–water partition coefficient (Wildman–Crippen LogP) is 3.85. The van der Waals surface area contributed by atoms with Gasteiger partial charge >= 0.3 is 5.97 Å². The van der Waals surface area contributed by atoms with Crippen molar-refractivity contribution in [2.24, 2.45) is 5.73 Å². The Bertz CT molecular complexity index is 1050. The normalized spacial score (nSPS) is 9.68. The van der Waals surface area contributed by atoms with Crippen LogP contribution in [-0.2, 0) is 27.3 Å². The van der Waals surface area contributed by atoms with Gasteiger partial charge in [0.05, 0.1) is 24.3 Å². The lowest BCUT2D eigenvalue weighted by molar-refractivity contribution is -0.140. The molecule has 0 aliphatic carbocycles. The second-order valence-corrected chi connectivity index (χ2v) is 7.49. The SMILES string of the molecule is CCC.COC(=O)CCc1cccc(Br)c1.NC(=O)Cn1cnc2ccccc2c1=O. The standard InChI is InChI=1S/C10H11BrO2.C10H9N3O2.C3H8/c1-13-10(12)6-5-8-3-2-4-9(11)7-8;11-9(14)5-13-6-12-8-4-2-1-3-7(8)10(13)15;1-3-2/h2-4,7H,5-6H2,1H3;1-4,6H,5H2,(H2,11,14);3H2,1-2H3. The van der Waals surface area contributed by atoms with Gasteiger partial charge in [-0.05, 0) is 36.2 Å². The fourth-order valence-corrected chi connectivity index (χ4v) is 2.87. The number of para-hydroxylation sites is 1. The fourth-order valence-electron chi connectivity index (χ4n) is 2.43. The highest BCUT2D eigenvalue weighted by Crippen LogP contribution is 2.13. The van der Waals surface area contributed by atoms with E-state index in [-0.39, 0.29) is 18.1 Å². The molecule has 0 aliphatic heterocycles. The molecule has 0 saturated carbocycles. The van der Waals surface area contributed by atoms with E-state index in [9.17, 15) is 14.4 Å². The van der Waals surface area contributed by atoms with Crippen molar-refractivity contribution in [3.63, 3.8) is 0 Å². The Hall–Kier alpha value is -3.00. The van der Waals surface area contributed by atoms with Gasteiger partial charge in [-0.25, -0.2) is 4.98 Å². The highest BCUT2D eigenvalue weighted by Gasteiger charge is 2.04. The zero-order valence-corrected chi connectivity index (χ0v) is 19.6. The Morgan fingerprint density at radius 1 is 1.13 bits per heavy atom. The van der Waals surface area contributed by atoms with Crippen LogP contribution in [0, 0.1) is 0 Å². The number of carbonyl (C=O) groups is 2. The maximum absolute atomic E-state index is 11.8. The average Bonchev–Trinajstić information content (AvgIpc) is 2.75. The first-order chi connectivity index (χ1) is 14.8. The summed E-state index contributed by atoms with van der Waals surface area (Å²) in [6.45, 7) is 4.11. The summed E-state index contributed by atoms with van der Waals surface area (Å²) in [4.78, 5) is 37.4. The zero-order valence-electron chi connectivity index (χ0n) is 18.0. The molecule has 3 rings (SSSR count). The van der Waals surface area contributed by atoms with E-state index in [1.54, 1.807) is 24.3 Å². The first-order valence-electron chi connectivity index (χ1n) is 9.86. The zero-order chi connectivity index (χ0) is 23.2. The molecule has 0 aliphatic rings. The van der Waals surface area contributed by atoms with Gasteiger partial charge < -0.3 is 10.5 Å². The van der Waals surface area contributed by atoms with Gasteiger partial charge in [0.2, 0.25) is 5.91 Å². The third kappa shape index (κ3) is 9.57. The second kappa shape index (κ2) is 14.1. The number of ether oxygens (including phenoxy) is 1. The van der Waals surface area contributed by atoms with Gasteiger partial charge in [-0.2, -0.15) is 0 Å². The molecule has 0 unspecified atom stereocenters. The number of carbonyl (C=O) groups excluding carboxylic acids is 2. The van der Waals surface area contributed by atoms with Crippen molar-refractivity contribution < 1.29 is 14.3 Å². The van der Waals surface area contributed by atoms with Gasteiger partial charge in [0, 0.05) is 10.9 Å². The van der Waals surface area contributed by atoms with Gasteiger partial charge in [-0.1, -0.05) is 60.5 Å². The fraction of sp³-hybridized carbons (Fsp3) is 0.304. The van der Waals surface area contributed by atoms with E-state index in [0.29, 0.717) is 17.3 Å². The van der Waals surface area contributed by atoms with E-state index in [1.165, 1.54) is 24.4 Å². The molecule has 1 heterocycles. The van der Waals surface area contributed by atoms with Crippen molar-refractivity contribution in [2.45, 2.75) is 39.7 Å². The minimum absolute atomic E-state index is 0.142. The molecule has 0 fully saturated rings. The number of halogens is 1. The van der Waals surface area contributed by atoms with Gasteiger partial charge in [0.15, 0.2) is 0 Å². The lowest BCUT2D eigenvalue weighted by Crippen LogP contribution is -2.28. The van der Waals surface area contributed by atoms with Crippen molar-refractivity contribution in [1.82, 2.24) is 9.55 Å². The lowest BCUT2D eigenvalue weighted by atomic mass is 10.1. The molecular formula is C23H28BrN3O4. The summed E-state index contributed by atoms with van der Waals surface area (Å²) < 4.78 is 6.79. The Morgan fingerprint density at radius 2 is 1.81 bits per heavy atom. The largest absolute Gasteiger partial charge is 0.469 e. The average molecular weight is 490 g/mol. The topological polar surface area (TPSA) is 104 Å². The van der Waals surface area contributed by atoms with Crippen LogP contribution in [-0.4, -0.2) is 28.5 Å². The van der Waals surface area contributed by atoms with E-state index >= 15 is 0 Å². The van der Waals surface area contributed by atoms with Crippen molar-refractivity contribution in [2.75, 3.05) is 7.11 Å². The molecule has 0 saturated heterocycles. The summed E-state index contributed by atoms with van der Waals surface area (Å²) >= 11 is 3.37. The number of nitrogens with zero attached hydrogens (tertiary/aromatic N) is 2. The number of amides is 1. The monoisotopic (exact) mass is 489 g/mol. The molecule has 31 heavy (non-hydrogen) atoms. The van der Waals surface area contributed by atoms with Crippen LogP contribution >= 0.6 is 15.9 Å². The van der Waals surface area contributed by atoms with E-state index in [4.69, 9.17) is 5.73 Å². The summed E-state index contributed by atoms with van der Waals surface area (Å²) in [6, 6.07) is 14.9. The third-order valence-corrected chi connectivity index (χ3v) is 4.29. The van der Waals surface area contributed by atoms with Crippen molar-refractivity contribution in [3.8, 4) is 0 Å². The maximum atomic E-state index is 11.8. The van der Waals surface area contributed by atoms with Crippen LogP contribution < -0.4 is 11.3 Å². The van der Waals surface area contributed by atoms with Crippen molar-refractivity contribution >= 4 is 38.7 Å². The molecule has 8 heteroatoms. The van der Waals surface area contributed by atoms with Crippen molar-refractivity contribution in [1.29, 1.82) is 0 Å². The molecule has 1 aromatic heterocycles. The lowest BCUT2D eigenvalue weighted by Gasteiger charge is -2.02. The van der Waals surface area contributed by atoms with E-state index < -0.39 is 5.91 Å². The smallest absolute Gasteiger partial charge is 0.305 e. The third-order valence-electron chi connectivity index (χ3n) is 3.79. The second-order valence-electron chi connectivity index (χ2n) is 6.57. The Morgan fingerprint density at radius 3 is 2.42 bits per heavy atom. The molecule has 3 aromatic rings. The summed E-state index contributed by atoms with van der Waals surface area (Å²) in [7, 11) is 1.41. The number of methoxy groups -OCH3 is 1. The highest BCUT2D eigenvalue weighted by atomic mass is 79.9. The Kier molecular flexibility index (Phi) is 11.8. The molecule has 0 radical (unpaired) electrons. The molecule has 0 spiro atoms. The minimum Gasteiger partial charge on any atom is -0.469 e. The maximum Gasteiger partial charge on any atom is 0.305 e. The summed E-state index contributed by atoms with van der Waals surface area (Å²) in [5, 5.41) is 0.487. The summed E-state index contributed by atoms with van der Waals surface area (Å²) in [5.41, 5.74) is 6.51. The van der Waals surface area contributed by atoms with Gasteiger partial charge in [-0.3, -0.25) is 19.0 Å². The summed E-state index contributed by atoms with van der Waals surface area (Å²) in [6.07, 6.45) is 3.74. The quantitative estimate of drug-likeness (QED) is 0.547. The molecule has 2 N–H and O–H groups in total. The number of primary amides is 1. The van der Waals surface area contributed by atoms with E-state index in [1.807, 2.05) is 24.3 Å². The van der Waals surface area contributed by atoms with Crippen LogP contribution in [0.2, 0.25) is 0 Å². The number of nitrogens with two attached hydrogens (primary N) is 1. The van der Waals surface area contributed by atoms with Gasteiger partial charge in [-0.15, -0.1) is 0 Å². The first kappa shape index (κ1) is 26.0. The van der Waals surface area contributed by atoms with Crippen LogP contribution in [0.15, 0.2) is 64.1 Å². The minimum atomic E-state index is -0.561. The van der Waals surface area contributed by atoms with Crippen LogP contribution in [0.5, 0.6) is 0 Å². The number of aryl methyl sites for hydroxylation is 1. The molecule has 2 aromatic carbocycles. The molecule has 0 bridgehead atoms. The number of esters is 1. The van der Waals surface area contributed by atoms with Crippen LogP contribution in [0.4, 0.5) is 0 Å². The Balaban J connectivity index is 0.000000278. The molecule has 0 atom stereocenters. The molecular weight excluding hydrogens is 462 g/mol. The number of benzene rings is 2. The first-order valence-corrected chi connectivity index (χ1v) is 10.6. The summed E-state index contributed by atoms with van der Waals surface area (Å²) in [5.74, 6) is -0.728. The van der Waals surface area contributed by atoms with E-state index in [0.717, 1.165) is 16.5 Å². The van der Waals surface area contributed by atoms with Crippen molar-refractivity contribution in [3.05, 3.63) is 75.2 Å². The van der Waals surface area contributed by atoms with E-state index in [2.05, 4.69) is 39.5 Å². The Labute approximate surface area is 190 Å². The van der Waals surface area contributed by atoms with Gasteiger partial charge in [0.25, 0.3) is 5.56 Å². The highest BCUT2D eigenvalue weighted by molar-refractivity contribution is 9.10. The molecule has 166 valence electrons. The number of rotatable bonds is 5. The predicted molar refractivity (Wildman–Crippen MR) is 126 cm³/mol. The van der Waals surface area contributed by atoms with Crippen LogP contribution in [0.25, 0.3) is 10.9 Å². The number of hydrogen-bond acceptors (Lipinski definition) is 5. The van der Waals surface area contributed by atoms with Crippen LogP contribution in [0.1, 0.15) is 32.3 Å². The number of aromatic nitrogens is 2. The van der Waals surface area contributed by atoms with Crippen LogP contribution in [0.3, 0.4) is 0 Å². The van der Waals surface area contributed by atoms with Gasteiger partial charge in [0.1, 0.15) is 6.54 Å². The molecule has 1 amide bonds. The molecule has 7 nitrogen and oxygen atoms in total. The number of hydrogen-bond donors (Lipinski definition) is 1. The number of fused-ring (bicyclic) bond motifs is 1.